The zero-order valence-corrected chi connectivity index (χ0v) is 23.4. The molecule has 0 aromatic heterocycles. The lowest BCUT2D eigenvalue weighted by Crippen LogP contribution is -2.50. The third-order valence-electron chi connectivity index (χ3n) is 5.82. The predicted octanol–water partition coefficient (Wildman–Crippen LogP) is 3.58. The first-order valence-corrected chi connectivity index (χ1v) is 14.2. The fourth-order valence-corrected chi connectivity index (χ4v) is 4.99. The Morgan fingerprint density at radius 2 is 1.65 bits per heavy atom. The van der Waals surface area contributed by atoms with Crippen LogP contribution in [-0.2, 0) is 26.2 Å². The van der Waals surface area contributed by atoms with Gasteiger partial charge in [-0.25, -0.2) is 8.42 Å². The van der Waals surface area contributed by atoms with E-state index in [2.05, 4.69) is 5.32 Å². The first-order valence-electron chi connectivity index (χ1n) is 12.3. The van der Waals surface area contributed by atoms with Gasteiger partial charge in [0.15, 0.2) is 0 Å². The molecule has 0 fully saturated rings. The lowest BCUT2D eigenvalue weighted by Gasteiger charge is -2.31. The zero-order chi connectivity index (χ0) is 27.6. The van der Waals surface area contributed by atoms with Crippen LogP contribution in [0.15, 0.2) is 48.5 Å². The highest BCUT2D eigenvalue weighted by Gasteiger charge is 2.29. The topological polar surface area (TPSA) is 105 Å². The lowest BCUT2D eigenvalue weighted by atomic mass is 10.1. The van der Waals surface area contributed by atoms with E-state index < -0.39 is 16.1 Å². The molecule has 0 aliphatic rings. The van der Waals surface area contributed by atoms with Crippen molar-refractivity contribution < 1.29 is 27.5 Å². The summed E-state index contributed by atoms with van der Waals surface area (Å²) in [6.45, 7) is 5.97. The van der Waals surface area contributed by atoms with Crippen molar-refractivity contribution in [2.45, 2.75) is 58.7 Å². The molecule has 10 heteroatoms. The maximum Gasteiger partial charge on any atom is 0.243 e. The number of nitrogens with zero attached hydrogens (tertiary/aromatic N) is 2. The molecule has 1 N–H and O–H groups in total. The van der Waals surface area contributed by atoms with Gasteiger partial charge in [0, 0.05) is 25.6 Å². The second-order valence-corrected chi connectivity index (χ2v) is 11.0. The number of amides is 2. The van der Waals surface area contributed by atoms with Gasteiger partial charge < -0.3 is 19.7 Å². The van der Waals surface area contributed by atoms with Crippen molar-refractivity contribution in [2.75, 3.05) is 31.3 Å². The quantitative estimate of drug-likeness (QED) is 0.398. The second kappa shape index (κ2) is 13.9. The van der Waals surface area contributed by atoms with Crippen LogP contribution in [0.1, 0.15) is 45.6 Å². The molecule has 204 valence electrons. The molecular formula is C27H39N3O6S. The number of benzene rings is 2. The third kappa shape index (κ3) is 8.96. The Hall–Kier alpha value is -3.27. The van der Waals surface area contributed by atoms with E-state index in [0.29, 0.717) is 23.6 Å². The summed E-state index contributed by atoms with van der Waals surface area (Å²) in [7, 11) is -0.459. The molecule has 0 heterocycles. The number of carbonyl (C=O) groups excluding carboxylic acids is 2. The van der Waals surface area contributed by atoms with E-state index in [1.807, 2.05) is 45.0 Å². The summed E-state index contributed by atoms with van der Waals surface area (Å²) in [6, 6.07) is 13.4. The molecule has 1 atom stereocenters. The van der Waals surface area contributed by atoms with Crippen molar-refractivity contribution in [3.05, 3.63) is 54.1 Å². The standard InChI is InChI=1S/C27H39N3O6S/c1-7-25(27(32)28-20(2)3)29(19-21-10-8-11-24(18-21)36-5)26(31)12-9-17-30(37(6,33)34)22-13-15-23(35-4)16-14-22/h8,10-11,13-16,18,20,25H,7,9,12,17,19H2,1-6H3,(H,28,32). The van der Waals surface area contributed by atoms with Crippen LogP contribution >= 0.6 is 0 Å². The summed E-state index contributed by atoms with van der Waals surface area (Å²) in [5, 5.41) is 2.91. The van der Waals surface area contributed by atoms with Crippen molar-refractivity contribution in [3.63, 3.8) is 0 Å². The number of sulfonamides is 1. The van der Waals surface area contributed by atoms with Crippen molar-refractivity contribution in [2.24, 2.45) is 0 Å². The average Bonchev–Trinajstić information content (AvgIpc) is 2.85. The number of rotatable bonds is 14. The van der Waals surface area contributed by atoms with Crippen molar-refractivity contribution in [1.29, 1.82) is 0 Å². The Labute approximate surface area is 220 Å². The van der Waals surface area contributed by atoms with Crippen LogP contribution in [0.3, 0.4) is 0 Å². The van der Waals surface area contributed by atoms with E-state index in [1.165, 1.54) is 11.4 Å². The average molecular weight is 534 g/mol. The zero-order valence-electron chi connectivity index (χ0n) is 22.6. The molecule has 2 amide bonds. The SMILES string of the molecule is CCC(C(=O)NC(C)C)N(Cc1cccc(OC)c1)C(=O)CCCN(c1ccc(OC)cc1)S(C)(=O)=O. The number of nitrogens with one attached hydrogen (secondary N) is 1. The molecule has 0 bridgehead atoms. The Morgan fingerprint density at radius 3 is 2.19 bits per heavy atom. The fraction of sp³-hybridized carbons (Fsp3) is 0.481. The molecule has 0 aliphatic heterocycles. The number of hydrogen-bond acceptors (Lipinski definition) is 6. The highest BCUT2D eigenvalue weighted by Crippen LogP contribution is 2.23. The molecule has 2 rings (SSSR count). The first kappa shape index (κ1) is 30.0. The van der Waals surface area contributed by atoms with Crippen molar-refractivity contribution in [3.8, 4) is 11.5 Å². The Balaban J connectivity index is 2.23. The largest absolute Gasteiger partial charge is 0.497 e. The van der Waals surface area contributed by atoms with Crippen molar-refractivity contribution in [1.82, 2.24) is 10.2 Å². The third-order valence-corrected chi connectivity index (χ3v) is 7.01. The molecule has 37 heavy (non-hydrogen) atoms. The maximum absolute atomic E-state index is 13.5. The second-order valence-electron chi connectivity index (χ2n) is 9.10. The van der Waals surface area contributed by atoms with E-state index >= 15 is 0 Å². The van der Waals surface area contributed by atoms with E-state index in [4.69, 9.17) is 9.47 Å². The number of carbonyl (C=O) groups is 2. The molecule has 1 unspecified atom stereocenters. The molecule has 0 aliphatic carbocycles. The molecule has 9 nitrogen and oxygen atoms in total. The van der Waals surface area contributed by atoms with E-state index in [0.717, 1.165) is 11.8 Å². The van der Waals surface area contributed by atoms with Crippen LogP contribution in [0.5, 0.6) is 11.5 Å². The van der Waals surface area contributed by atoms with E-state index in [-0.39, 0.29) is 43.8 Å². The summed E-state index contributed by atoms with van der Waals surface area (Å²) in [4.78, 5) is 28.0. The van der Waals surface area contributed by atoms with Gasteiger partial charge in [0.05, 0.1) is 26.2 Å². The summed E-state index contributed by atoms with van der Waals surface area (Å²) >= 11 is 0. The molecule has 0 saturated heterocycles. The number of hydrogen-bond donors (Lipinski definition) is 1. The normalized spacial score (nSPS) is 12.1. The Morgan fingerprint density at radius 1 is 1.00 bits per heavy atom. The van der Waals surface area contributed by atoms with Crippen LogP contribution < -0.4 is 19.1 Å². The predicted molar refractivity (Wildman–Crippen MR) is 145 cm³/mol. The molecule has 0 radical (unpaired) electrons. The molecule has 0 saturated carbocycles. The van der Waals surface area contributed by atoms with Crippen LogP contribution in [-0.4, -0.2) is 64.2 Å². The van der Waals surface area contributed by atoms with Gasteiger partial charge in [-0.05, 0) is 68.7 Å². The molecular weight excluding hydrogens is 494 g/mol. The maximum atomic E-state index is 13.5. The van der Waals surface area contributed by atoms with Crippen LogP contribution in [0.25, 0.3) is 0 Å². The highest BCUT2D eigenvalue weighted by atomic mass is 32.2. The van der Waals surface area contributed by atoms with Gasteiger partial charge in [-0.3, -0.25) is 13.9 Å². The van der Waals surface area contributed by atoms with Gasteiger partial charge >= 0.3 is 0 Å². The highest BCUT2D eigenvalue weighted by molar-refractivity contribution is 7.92. The van der Waals surface area contributed by atoms with Gasteiger partial charge in [-0.2, -0.15) is 0 Å². The van der Waals surface area contributed by atoms with E-state index in [9.17, 15) is 18.0 Å². The minimum Gasteiger partial charge on any atom is -0.497 e. The minimum absolute atomic E-state index is 0.0665. The van der Waals surface area contributed by atoms with E-state index in [1.54, 1.807) is 36.3 Å². The molecule has 2 aromatic rings. The monoisotopic (exact) mass is 533 g/mol. The molecule has 2 aromatic carbocycles. The van der Waals surface area contributed by atoms with Gasteiger partial charge in [-0.15, -0.1) is 0 Å². The fourth-order valence-electron chi connectivity index (χ4n) is 4.02. The van der Waals surface area contributed by atoms with Gasteiger partial charge in [0.25, 0.3) is 0 Å². The summed E-state index contributed by atoms with van der Waals surface area (Å²) in [6.07, 6.45) is 1.94. The summed E-state index contributed by atoms with van der Waals surface area (Å²) in [5.41, 5.74) is 1.33. The summed E-state index contributed by atoms with van der Waals surface area (Å²) in [5.74, 6) is 0.834. The van der Waals surface area contributed by atoms with Crippen LogP contribution in [0, 0.1) is 0 Å². The van der Waals surface area contributed by atoms with Gasteiger partial charge in [0.1, 0.15) is 17.5 Å². The van der Waals surface area contributed by atoms with Gasteiger partial charge in [-0.1, -0.05) is 19.1 Å². The number of anilines is 1. The molecule has 0 spiro atoms. The smallest absolute Gasteiger partial charge is 0.243 e. The number of methoxy groups -OCH3 is 2. The Kier molecular flexibility index (Phi) is 11.2. The van der Waals surface area contributed by atoms with Crippen LogP contribution in [0.2, 0.25) is 0 Å². The van der Waals surface area contributed by atoms with Gasteiger partial charge in [0.2, 0.25) is 21.8 Å². The summed E-state index contributed by atoms with van der Waals surface area (Å²) < 4.78 is 36.7. The first-order chi connectivity index (χ1) is 17.5. The van der Waals surface area contributed by atoms with Crippen molar-refractivity contribution >= 4 is 27.5 Å². The number of ether oxygens (including phenoxy) is 2. The lowest BCUT2D eigenvalue weighted by molar-refractivity contribution is -0.141. The Bertz CT molecular complexity index is 1140. The van der Waals surface area contributed by atoms with Crippen LogP contribution in [0.4, 0.5) is 5.69 Å². The minimum atomic E-state index is -3.57.